The van der Waals surface area contributed by atoms with Gasteiger partial charge in [-0.1, -0.05) is 12.1 Å². The van der Waals surface area contributed by atoms with Crippen molar-refractivity contribution < 1.29 is 14.3 Å². The molecule has 1 aliphatic rings. The first-order valence-corrected chi connectivity index (χ1v) is 9.29. The molecule has 8 nitrogen and oxygen atoms in total. The van der Waals surface area contributed by atoms with Crippen molar-refractivity contribution in [1.82, 2.24) is 14.8 Å². The minimum absolute atomic E-state index is 0.0569. The molecule has 1 atom stereocenters. The van der Waals surface area contributed by atoms with Crippen LogP contribution >= 0.6 is 0 Å². The first-order chi connectivity index (χ1) is 14.1. The van der Waals surface area contributed by atoms with Crippen LogP contribution in [0.4, 0.5) is 11.4 Å². The highest BCUT2D eigenvalue weighted by molar-refractivity contribution is 6.03. The number of nitrogens with one attached hydrogen (secondary N) is 1. The van der Waals surface area contributed by atoms with Crippen molar-refractivity contribution in [2.24, 2.45) is 5.92 Å². The van der Waals surface area contributed by atoms with E-state index < -0.39 is 0 Å². The van der Waals surface area contributed by atoms with Crippen molar-refractivity contribution in [1.29, 1.82) is 0 Å². The maximum atomic E-state index is 12.6. The predicted octanol–water partition coefficient (Wildman–Crippen LogP) is 2.33. The molecule has 1 N–H and O–H groups in total. The molecule has 1 saturated heterocycles. The van der Waals surface area contributed by atoms with E-state index in [9.17, 15) is 9.59 Å². The van der Waals surface area contributed by atoms with E-state index in [2.05, 4.69) is 15.4 Å². The Kier molecular flexibility index (Phi) is 5.24. The first-order valence-electron chi connectivity index (χ1n) is 9.29. The van der Waals surface area contributed by atoms with E-state index in [-0.39, 0.29) is 24.2 Å². The third-order valence-corrected chi connectivity index (χ3v) is 4.91. The maximum Gasteiger partial charge on any atom is 0.229 e. The molecule has 1 aliphatic heterocycles. The normalized spacial score (nSPS) is 16.1. The highest BCUT2D eigenvalue weighted by Crippen LogP contribution is 2.27. The number of rotatable bonds is 6. The Morgan fingerprint density at radius 1 is 1.17 bits per heavy atom. The number of nitrogens with zero attached hydrogens (tertiary/aromatic N) is 4. The summed E-state index contributed by atoms with van der Waals surface area (Å²) in [6.07, 6.45) is 3.34. The van der Waals surface area contributed by atoms with Gasteiger partial charge in [-0.3, -0.25) is 9.59 Å². The number of hydrogen-bond donors (Lipinski definition) is 1. The van der Waals surface area contributed by atoms with Crippen LogP contribution in [-0.2, 0) is 16.1 Å². The standard InChI is InChI=1S/C21H21N5O3/c1-29-19-8-6-18(7-9-19)26-12-16(10-20(26)27)21(28)24-17-4-2-15(3-5-17)11-25-14-22-13-23-25/h2-9,13-14,16H,10-12H2,1H3,(H,24,28)/t16-/m0/s1. The molecular weight excluding hydrogens is 370 g/mol. The number of carbonyl (C=O) groups is 2. The molecule has 2 heterocycles. The van der Waals surface area contributed by atoms with E-state index in [4.69, 9.17) is 4.74 Å². The summed E-state index contributed by atoms with van der Waals surface area (Å²) in [5.41, 5.74) is 2.52. The summed E-state index contributed by atoms with van der Waals surface area (Å²) in [7, 11) is 1.59. The zero-order valence-corrected chi connectivity index (χ0v) is 16.0. The molecule has 1 fully saturated rings. The molecule has 1 aromatic heterocycles. The Labute approximate surface area is 168 Å². The second-order valence-electron chi connectivity index (χ2n) is 6.88. The predicted molar refractivity (Wildman–Crippen MR) is 108 cm³/mol. The van der Waals surface area contributed by atoms with Crippen molar-refractivity contribution in [2.75, 3.05) is 23.9 Å². The molecule has 0 saturated carbocycles. The number of hydrogen-bond acceptors (Lipinski definition) is 5. The first kappa shape index (κ1) is 18.7. The highest BCUT2D eigenvalue weighted by atomic mass is 16.5. The third-order valence-electron chi connectivity index (χ3n) is 4.91. The summed E-state index contributed by atoms with van der Waals surface area (Å²) >= 11 is 0. The van der Waals surface area contributed by atoms with E-state index in [0.29, 0.717) is 18.8 Å². The fourth-order valence-electron chi connectivity index (χ4n) is 3.33. The van der Waals surface area contributed by atoms with Crippen LogP contribution in [0.5, 0.6) is 5.75 Å². The monoisotopic (exact) mass is 391 g/mol. The molecule has 2 amide bonds. The Morgan fingerprint density at radius 3 is 2.59 bits per heavy atom. The second-order valence-corrected chi connectivity index (χ2v) is 6.88. The zero-order chi connectivity index (χ0) is 20.2. The Bertz CT molecular complexity index is 984. The Hall–Kier alpha value is -3.68. The van der Waals surface area contributed by atoms with Crippen molar-refractivity contribution in [2.45, 2.75) is 13.0 Å². The lowest BCUT2D eigenvalue weighted by molar-refractivity contribution is -0.122. The molecule has 0 unspecified atom stereocenters. The van der Waals surface area contributed by atoms with Crippen LogP contribution in [0.1, 0.15) is 12.0 Å². The van der Waals surface area contributed by atoms with Crippen molar-refractivity contribution >= 4 is 23.2 Å². The van der Waals surface area contributed by atoms with Crippen LogP contribution in [0.3, 0.4) is 0 Å². The molecule has 4 rings (SSSR count). The van der Waals surface area contributed by atoms with Crippen LogP contribution in [0.2, 0.25) is 0 Å². The van der Waals surface area contributed by atoms with Gasteiger partial charge in [0.1, 0.15) is 18.4 Å². The largest absolute Gasteiger partial charge is 0.497 e. The number of methoxy groups -OCH3 is 1. The topological polar surface area (TPSA) is 89.3 Å². The van der Waals surface area contributed by atoms with Gasteiger partial charge >= 0.3 is 0 Å². The highest BCUT2D eigenvalue weighted by Gasteiger charge is 2.35. The van der Waals surface area contributed by atoms with Gasteiger partial charge in [0.25, 0.3) is 0 Å². The maximum absolute atomic E-state index is 12.6. The summed E-state index contributed by atoms with van der Waals surface area (Å²) in [6.45, 7) is 0.976. The molecule has 29 heavy (non-hydrogen) atoms. The fourth-order valence-corrected chi connectivity index (χ4v) is 3.33. The average molecular weight is 391 g/mol. The summed E-state index contributed by atoms with van der Waals surface area (Å²) in [4.78, 5) is 30.6. The molecule has 0 bridgehead atoms. The summed E-state index contributed by atoms with van der Waals surface area (Å²) < 4.78 is 6.87. The van der Waals surface area contributed by atoms with Gasteiger partial charge in [-0.2, -0.15) is 5.10 Å². The lowest BCUT2D eigenvalue weighted by atomic mass is 10.1. The van der Waals surface area contributed by atoms with Crippen LogP contribution in [-0.4, -0.2) is 40.2 Å². The lowest BCUT2D eigenvalue weighted by Gasteiger charge is -2.17. The van der Waals surface area contributed by atoms with Crippen LogP contribution in [0.25, 0.3) is 0 Å². The number of anilines is 2. The molecule has 148 valence electrons. The average Bonchev–Trinajstić information content (AvgIpc) is 3.39. The number of ether oxygens (including phenoxy) is 1. The second kappa shape index (κ2) is 8.14. The van der Waals surface area contributed by atoms with Crippen molar-refractivity contribution in [3.8, 4) is 5.75 Å². The van der Waals surface area contributed by atoms with Gasteiger partial charge in [-0.25, -0.2) is 9.67 Å². The number of benzene rings is 2. The molecule has 3 aromatic rings. The Morgan fingerprint density at radius 2 is 1.93 bits per heavy atom. The number of amides is 2. The quantitative estimate of drug-likeness (QED) is 0.697. The molecule has 0 radical (unpaired) electrons. The third kappa shape index (κ3) is 4.26. The minimum Gasteiger partial charge on any atom is -0.497 e. The van der Waals surface area contributed by atoms with Gasteiger partial charge in [0.05, 0.1) is 19.6 Å². The van der Waals surface area contributed by atoms with Crippen LogP contribution < -0.4 is 15.0 Å². The van der Waals surface area contributed by atoms with Gasteiger partial charge in [0.2, 0.25) is 11.8 Å². The lowest BCUT2D eigenvalue weighted by Crippen LogP contribution is -2.28. The summed E-state index contributed by atoms with van der Waals surface area (Å²) in [5, 5.41) is 6.98. The van der Waals surface area contributed by atoms with Crippen LogP contribution in [0.15, 0.2) is 61.2 Å². The zero-order valence-electron chi connectivity index (χ0n) is 16.0. The van der Waals surface area contributed by atoms with E-state index >= 15 is 0 Å². The molecule has 8 heteroatoms. The van der Waals surface area contributed by atoms with E-state index in [0.717, 1.165) is 17.0 Å². The van der Waals surface area contributed by atoms with Gasteiger partial charge in [-0.05, 0) is 42.0 Å². The van der Waals surface area contributed by atoms with Crippen molar-refractivity contribution in [3.63, 3.8) is 0 Å². The summed E-state index contributed by atoms with van der Waals surface area (Å²) in [5.74, 6) is 0.123. The van der Waals surface area contributed by atoms with Crippen molar-refractivity contribution in [3.05, 3.63) is 66.7 Å². The van der Waals surface area contributed by atoms with E-state index in [1.807, 2.05) is 36.4 Å². The van der Waals surface area contributed by atoms with Gasteiger partial charge in [-0.15, -0.1) is 0 Å². The van der Waals surface area contributed by atoms with E-state index in [1.54, 1.807) is 35.2 Å². The minimum atomic E-state index is -0.389. The van der Waals surface area contributed by atoms with Gasteiger partial charge in [0.15, 0.2) is 0 Å². The van der Waals surface area contributed by atoms with Crippen LogP contribution in [0, 0.1) is 5.92 Å². The molecule has 0 aliphatic carbocycles. The van der Waals surface area contributed by atoms with Gasteiger partial charge in [0, 0.05) is 24.3 Å². The van der Waals surface area contributed by atoms with E-state index in [1.165, 1.54) is 6.33 Å². The summed E-state index contributed by atoms with van der Waals surface area (Å²) in [6, 6.07) is 14.8. The fraction of sp³-hybridized carbons (Fsp3) is 0.238. The number of carbonyl (C=O) groups excluding carboxylic acids is 2. The Balaban J connectivity index is 1.36. The smallest absolute Gasteiger partial charge is 0.229 e. The molecular formula is C21H21N5O3. The molecule has 0 spiro atoms. The SMILES string of the molecule is COc1ccc(N2C[C@@H](C(=O)Nc3ccc(Cn4cncn4)cc3)CC2=O)cc1. The molecule has 2 aromatic carbocycles. The van der Waals surface area contributed by atoms with Gasteiger partial charge < -0.3 is 15.0 Å². The number of aromatic nitrogens is 3.